The van der Waals surface area contributed by atoms with Crippen LogP contribution in [0, 0.1) is 0 Å². The molecule has 0 rings (SSSR count). The van der Waals surface area contributed by atoms with Crippen LogP contribution in [0.25, 0.3) is 0 Å². The van der Waals surface area contributed by atoms with Crippen molar-refractivity contribution in [2.45, 2.75) is 310 Å². The minimum Gasteiger partial charge on any atom is -0.481 e. The van der Waals surface area contributed by atoms with Crippen LogP contribution in [0.3, 0.4) is 0 Å². The first kappa shape index (κ1) is 73.3. The summed E-state index contributed by atoms with van der Waals surface area (Å²) in [5, 5.41) is 33.6. The zero-order valence-electron chi connectivity index (χ0n) is 44.3. The Bertz CT molecular complexity index is 875. The third-order valence-electron chi connectivity index (χ3n) is 11.5. The van der Waals surface area contributed by atoms with E-state index in [1.807, 2.05) is 0 Å². The minimum atomic E-state index is -0.664. The van der Waals surface area contributed by atoms with Crippen molar-refractivity contribution in [1.82, 2.24) is 0 Å². The molecular weight excluding hydrogens is 856 g/mol. The molecule has 0 saturated carbocycles. The molecule has 0 atom stereocenters. The van der Waals surface area contributed by atoms with Gasteiger partial charge in [0.25, 0.3) is 0 Å². The number of carbonyl (C=O) groups is 3. The molecule has 0 aliphatic heterocycles. The van der Waals surface area contributed by atoms with Gasteiger partial charge in [-0.05, 0) is 103 Å². The van der Waals surface area contributed by atoms with E-state index in [0.29, 0.717) is 25.9 Å². The zero-order chi connectivity index (χ0) is 48.8. The Morgan fingerprint density at radius 3 is 0.591 bits per heavy atom. The quantitative estimate of drug-likeness (QED) is 0.0271. The molecular formula is C58H112O7Ti. The fraction of sp³-hybridized carbons (Fsp3) is 0.845. The van der Waals surface area contributed by atoms with E-state index in [-0.39, 0.29) is 21.7 Å². The summed E-state index contributed by atoms with van der Waals surface area (Å²) in [5.41, 5.74) is 0. The van der Waals surface area contributed by atoms with Gasteiger partial charge in [0.1, 0.15) is 0 Å². The number of aliphatic carboxylic acids is 3. The molecule has 0 aromatic heterocycles. The summed E-state index contributed by atoms with van der Waals surface area (Å²) in [5.74, 6) is -1.99. The van der Waals surface area contributed by atoms with Gasteiger partial charge in [0, 0.05) is 47.6 Å². The molecule has 0 aliphatic rings. The van der Waals surface area contributed by atoms with Crippen LogP contribution in [0.5, 0.6) is 0 Å². The molecule has 0 fully saturated rings. The second-order valence-corrected chi connectivity index (χ2v) is 18.3. The molecule has 8 heteroatoms. The first-order valence-electron chi connectivity index (χ1n) is 27.9. The van der Waals surface area contributed by atoms with Gasteiger partial charge in [-0.15, -0.1) is 0 Å². The summed E-state index contributed by atoms with van der Waals surface area (Å²) in [6.07, 6.45) is 65.8. The molecule has 4 N–H and O–H groups in total. The van der Waals surface area contributed by atoms with Crippen molar-refractivity contribution >= 4 is 17.9 Å². The molecule has 0 radical (unpaired) electrons. The Morgan fingerprint density at radius 2 is 0.439 bits per heavy atom. The summed E-state index contributed by atoms with van der Waals surface area (Å²) >= 11 is 0. The fourth-order valence-corrected chi connectivity index (χ4v) is 7.20. The van der Waals surface area contributed by atoms with Crippen LogP contribution in [-0.4, -0.2) is 44.9 Å². The van der Waals surface area contributed by atoms with Gasteiger partial charge in [-0.25, -0.2) is 0 Å². The van der Waals surface area contributed by atoms with Crippen LogP contribution < -0.4 is 0 Å². The Hall–Kier alpha value is -1.70. The first-order valence-corrected chi connectivity index (χ1v) is 27.9. The van der Waals surface area contributed by atoms with Crippen molar-refractivity contribution in [1.29, 1.82) is 0 Å². The number of aliphatic hydroxyl groups excluding tert-OH is 1. The number of carboxylic acid groups (broad SMARTS) is 3. The minimum absolute atomic E-state index is 0. The molecule has 0 spiro atoms. The molecule has 0 aromatic rings. The topological polar surface area (TPSA) is 132 Å². The molecule has 0 aromatic carbocycles. The van der Waals surface area contributed by atoms with Crippen molar-refractivity contribution in [3.05, 3.63) is 36.5 Å². The zero-order valence-corrected chi connectivity index (χ0v) is 45.9. The van der Waals surface area contributed by atoms with Gasteiger partial charge in [0.15, 0.2) is 0 Å². The van der Waals surface area contributed by atoms with Gasteiger partial charge in [-0.2, -0.15) is 0 Å². The van der Waals surface area contributed by atoms with Crippen molar-refractivity contribution in [2.24, 2.45) is 0 Å². The SMILES string of the molecule is CCCCCCCC/C=C\CCCCCCCC(=O)O.CCCCCCCC/C=C\CCCCCCCC(=O)O.CCCCCCCC/C=C\CCCCCCCC(=O)O.CCCCO.[Ti]. The predicted octanol–water partition coefficient (Wildman–Crippen LogP) is 19.1. The second kappa shape index (κ2) is 72.3. The molecule has 7 nitrogen and oxygen atoms in total. The molecule has 0 bridgehead atoms. The number of hydrogen-bond donors (Lipinski definition) is 4. The summed E-state index contributed by atoms with van der Waals surface area (Å²) in [4.78, 5) is 31.0. The van der Waals surface area contributed by atoms with E-state index in [9.17, 15) is 14.4 Å². The van der Waals surface area contributed by atoms with Gasteiger partial charge < -0.3 is 20.4 Å². The molecule has 66 heavy (non-hydrogen) atoms. The van der Waals surface area contributed by atoms with Crippen molar-refractivity contribution in [3.8, 4) is 0 Å². The van der Waals surface area contributed by atoms with Crippen molar-refractivity contribution < 1.29 is 56.5 Å². The molecule has 0 saturated heterocycles. The standard InChI is InChI=1S/3C18H34O2.C4H10O.Ti/c3*1-2-3-4-5-6-7-8-9-10-11-12-13-14-15-16-17-18(19)20;1-2-3-4-5;/h3*9-10H,2-8,11-17H2,1H3,(H,19,20);5H,2-4H2,1H3;/b3*10-9-;;. The van der Waals surface area contributed by atoms with Gasteiger partial charge in [-0.1, -0.05) is 225 Å². The monoisotopic (exact) mass is 969 g/mol. The van der Waals surface area contributed by atoms with Crippen LogP contribution in [0.15, 0.2) is 36.5 Å². The van der Waals surface area contributed by atoms with E-state index in [1.54, 1.807) is 0 Å². The normalized spacial score (nSPS) is 10.9. The summed E-state index contributed by atoms with van der Waals surface area (Å²) < 4.78 is 0. The number of unbranched alkanes of at least 4 members (excludes halogenated alkanes) is 34. The average molecular weight is 969 g/mol. The maximum atomic E-state index is 10.3. The molecule has 0 heterocycles. The Kier molecular flexibility index (Phi) is 80.3. The summed E-state index contributed by atoms with van der Waals surface area (Å²) in [6.45, 7) is 9.17. The van der Waals surface area contributed by atoms with Crippen molar-refractivity contribution in [3.63, 3.8) is 0 Å². The smallest absolute Gasteiger partial charge is 0.303 e. The number of carboxylic acids is 3. The van der Waals surface area contributed by atoms with E-state index in [0.717, 1.165) is 51.4 Å². The Balaban J connectivity index is -0.000000265. The molecule has 0 amide bonds. The van der Waals surface area contributed by atoms with Crippen LogP contribution in [0.4, 0.5) is 0 Å². The fourth-order valence-electron chi connectivity index (χ4n) is 7.20. The Labute approximate surface area is 425 Å². The number of hydrogen-bond acceptors (Lipinski definition) is 4. The average Bonchev–Trinajstić information content (AvgIpc) is 3.28. The molecule has 0 aliphatic carbocycles. The van der Waals surface area contributed by atoms with E-state index >= 15 is 0 Å². The molecule has 390 valence electrons. The summed E-state index contributed by atoms with van der Waals surface area (Å²) in [7, 11) is 0. The number of rotatable bonds is 47. The third-order valence-corrected chi connectivity index (χ3v) is 11.5. The maximum absolute atomic E-state index is 10.3. The van der Waals surface area contributed by atoms with Gasteiger partial charge >= 0.3 is 17.9 Å². The second-order valence-electron chi connectivity index (χ2n) is 18.3. The molecule has 0 unspecified atom stereocenters. The number of aliphatic hydroxyl groups is 1. The van der Waals surface area contributed by atoms with Gasteiger partial charge in [0.05, 0.1) is 0 Å². The Morgan fingerprint density at radius 1 is 0.273 bits per heavy atom. The largest absolute Gasteiger partial charge is 0.481 e. The van der Waals surface area contributed by atoms with Crippen LogP contribution in [-0.2, 0) is 36.1 Å². The first-order chi connectivity index (χ1) is 31.7. The third kappa shape index (κ3) is 89.0. The van der Waals surface area contributed by atoms with E-state index in [2.05, 4.69) is 64.2 Å². The van der Waals surface area contributed by atoms with Gasteiger partial charge in [0.2, 0.25) is 0 Å². The van der Waals surface area contributed by atoms with Crippen molar-refractivity contribution in [2.75, 3.05) is 6.61 Å². The maximum Gasteiger partial charge on any atom is 0.303 e. The number of allylic oxidation sites excluding steroid dienone is 6. The van der Waals surface area contributed by atoms with E-state index in [1.165, 1.54) is 212 Å². The van der Waals surface area contributed by atoms with Crippen LogP contribution in [0.2, 0.25) is 0 Å². The van der Waals surface area contributed by atoms with E-state index in [4.69, 9.17) is 20.4 Å². The van der Waals surface area contributed by atoms with Crippen LogP contribution >= 0.6 is 0 Å². The summed E-state index contributed by atoms with van der Waals surface area (Å²) in [6, 6.07) is 0. The van der Waals surface area contributed by atoms with Crippen LogP contribution in [0.1, 0.15) is 310 Å². The van der Waals surface area contributed by atoms with Gasteiger partial charge in [-0.3, -0.25) is 14.4 Å². The van der Waals surface area contributed by atoms with E-state index < -0.39 is 17.9 Å². The predicted molar refractivity (Wildman–Crippen MR) is 283 cm³/mol.